The van der Waals surface area contributed by atoms with Crippen LogP contribution in [0.25, 0.3) is 11.1 Å². The second kappa shape index (κ2) is 8.61. The molecule has 4 aromatic rings. The highest BCUT2D eigenvalue weighted by Gasteiger charge is 2.13. The Labute approximate surface area is 170 Å². The zero-order valence-corrected chi connectivity index (χ0v) is 16.2. The second-order valence-electron chi connectivity index (χ2n) is 6.76. The number of nitrogens with zero attached hydrogens (tertiary/aromatic N) is 1. The van der Waals surface area contributed by atoms with Gasteiger partial charge in [-0.3, -0.25) is 0 Å². The highest BCUT2D eigenvalue weighted by Crippen LogP contribution is 2.36. The molecular weight excluding hydrogens is 360 g/mol. The molecule has 0 bridgehead atoms. The van der Waals surface area contributed by atoms with Crippen LogP contribution in [0.15, 0.2) is 103 Å². The van der Waals surface area contributed by atoms with Crippen LogP contribution in [0.5, 0.6) is 5.75 Å². The van der Waals surface area contributed by atoms with E-state index in [9.17, 15) is 0 Å². The fourth-order valence-electron chi connectivity index (χ4n) is 3.28. The van der Waals surface area contributed by atoms with E-state index >= 15 is 0 Å². The molecule has 0 unspecified atom stereocenters. The van der Waals surface area contributed by atoms with E-state index in [2.05, 4.69) is 89.6 Å². The monoisotopic (exact) mass is 382 g/mol. The smallest absolute Gasteiger partial charge is 0.167 e. The third-order valence-corrected chi connectivity index (χ3v) is 4.76. The lowest BCUT2D eigenvalue weighted by atomic mass is 10.0. The summed E-state index contributed by atoms with van der Waals surface area (Å²) >= 11 is 0. The average Bonchev–Trinajstić information content (AvgIpc) is 2.78. The Morgan fingerprint density at radius 3 is 1.62 bits per heavy atom. The summed E-state index contributed by atoms with van der Waals surface area (Å²) in [6.07, 6.45) is 0. The topological polar surface area (TPSA) is 47.7 Å². The first kappa shape index (κ1) is 18.7. The number of hydrogen-bond acceptors (Lipinski definition) is 4. The zero-order chi connectivity index (χ0) is 20.1. The molecule has 0 heterocycles. The van der Waals surface area contributed by atoms with Gasteiger partial charge in [0.05, 0.1) is 0 Å². The molecule has 4 heteroatoms. The lowest BCUT2D eigenvalue weighted by Gasteiger charge is -2.26. The maximum Gasteiger partial charge on any atom is 0.167 e. The molecule has 0 saturated heterocycles. The van der Waals surface area contributed by atoms with Crippen LogP contribution in [0, 0.1) is 6.92 Å². The van der Waals surface area contributed by atoms with Crippen molar-refractivity contribution < 1.29 is 9.88 Å². The molecule has 0 aliphatic rings. The lowest BCUT2D eigenvalue weighted by molar-refractivity contribution is -0.211. The van der Waals surface area contributed by atoms with Crippen molar-refractivity contribution in [3.8, 4) is 16.9 Å². The van der Waals surface area contributed by atoms with Gasteiger partial charge in [-0.25, -0.2) is 0 Å². The summed E-state index contributed by atoms with van der Waals surface area (Å²) in [5.41, 5.74) is 6.75. The molecule has 2 N–H and O–H groups in total. The molecule has 0 radical (unpaired) electrons. The van der Waals surface area contributed by atoms with E-state index in [1.165, 1.54) is 16.7 Å². The van der Waals surface area contributed by atoms with E-state index in [0.29, 0.717) is 5.75 Å². The molecule has 0 atom stereocenters. The summed E-state index contributed by atoms with van der Waals surface area (Å²) in [4.78, 5) is 11.3. The van der Waals surface area contributed by atoms with E-state index in [0.717, 1.165) is 17.1 Å². The van der Waals surface area contributed by atoms with Gasteiger partial charge in [-0.05, 0) is 66.6 Å². The fraction of sp³-hybridized carbons (Fsp3) is 0.0400. The van der Waals surface area contributed by atoms with Crippen molar-refractivity contribution >= 4 is 17.1 Å². The van der Waals surface area contributed by atoms with E-state index in [1.54, 1.807) is 0 Å². The summed E-state index contributed by atoms with van der Waals surface area (Å²) in [5, 5.41) is 0. The van der Waals surface area contributed by atoms with E-state index < -0.39 is 0 Å². The van der Waals surface area contributed by atoms with E-state index in [4.69, 9.17) is 10.8 Å². The largest absolute Gasteiger partial charge is 0.320 e. The van der Waals surface area contributed by atoms with Crippen LogP contribution < -0.4 is 15.7 Å². The van der Waals surface area contributed by atoms with Gasteiger partial charge in [0.15, 0.2) is 5.75 Å². The van der Waals surface area contributed by atoms with Crippen LogP contribution in [-0.2, 0) is 4.99 Å². The molecule has 0 amide bonds. The van der Waals surface area contributed by atoms with Crippen molar-refractivity contribution in [3.05, 3.63) is 109 Å². The molecule has 0 aromatic heterocycles. The first-order valence-electron chi connectivity index (χ1n) is 9.40. The average molecular weight is 382 g/mol. The summed E-state index contributed by atoms with van der Waals surface area (Å²) in [5.74, 6) is 5.53. The maximum atomic E-state index is 4.98. The summed E-state index contributed by atoms with van der Waals surface area (Å²) in [6, 6.07) is 35.0. The molecule has 4 aromatic carbocycles. The minimum absolute atomic E-state index is 0.541. The number of nitrogens with two attached hydrogens (primary N) is 1. The molecular formula is C25H22N2O2. The minimum atomic E-state index is 0.541. The molecule has 0 fully saturated rings. The van der Waals surface area contributed by atoms with Crippen LogP contribution in [0.1, 0.15) is 5.56 Å². The van der Waals surface area contributed by atoms with Gasteiger partial charge >= 0.3 is 0 Å². The number of hydrogen-bond donors (Lipinski definition) is 1. The predicted molar refractivity (Wildman–Crippen MR) is 117 cm³/mol. The Balaban J connectivity index is 1.73. The summed E-state index contributed by atoms with van der Waals surface area (Å²) in [7, 11) is 0. The summed E-state index contributed by atoms with van der Waals surface area (Å²) < 4.78 is 0. The Kier molecular flexibility index (Phi) is 5.56. The fourth-order valence-corrected chi connectivity index (χ4v) is 3.28. The predicted octanol–water partition coefficient (Wildman–Crippen LogP) is 6.32. The molecule has 0 saturated carbocycles. The molecule has 0 aliphatic carbocycles. The normalized spacial score (nSPS) is 10.6. The lowest BCUT2D eigenvalue weighted by Crippen LogP contribution is -2.10. The molecule has 0 spiro atoms. The Morgan fingerprint density at radius 1 is 0.586 bits per heavy atom. The van der Waals surface area contributed by atoms with Gasteiger partial charge in [-0.1, -0.05) is 65.1 Å². The van der Waals surface area contributed by atoms with Gasteiger partial charge in [0.2, 0.25) is 0 Å². The molecule has 144 valence electrons. The third-order valence-electron chi connectivity index (χ3n) is 4.76. The number of rotatable bonds is 6. The van der Waals surface area contributed by atoms with Crippen LogP contribution in [0.2, 0.25) is 0 Å². The Hall–Kier alpha value is -3.60. The molecule has 0 aliphatic heterocycles. The van der Waals surface area contributed by atoms with Gasteiger partial charge in [-0.15, -0.1) is 0 Å². The molecule has 4 nitrogen and oxygen atoms in total. The van der Waals surface area contributed by atoms with Crippen molar-refractivity contribution in [3.63, 3.8) is 0 Å². The highest BCUT2D eigenvalue weighted by molar-refractivity contribution is 5.78. The number of benzene rings is 4. The van der Waals surface area contributed by atoms with Crippen molar-refractivity contribution in [1.29, 1.82) is 0 Å². The van der Waals surface area contributed by atoms with Gasteiger partial charge < -0.3 is 9.79 Å². The maximum absolute atomic E-state index is 4.98. The quantitative estimate of drug-likeness (QED) is 0.313. The van der Waals surface area contributed by atoms with Crippen molar-refractivity contribution in [2.24, 2.45) is 5.90 Å². The third kappa shape index (κ3) is 4.29. The van der Waals surface area contributed by atoms with Gasteiger partial charge in [-0.2, -0.15) is 5.90 Å². The van der Waals surface area contributed by atoms with Crippen LogP contribution in [0.4, 0.5) is 17.1 Å². The first-order valence-corrected chi connectivity index (χ1v) is 9.40. The first-order chi connectivity index (χ1) is 14.2. The molecule has 29 heavy (non-hydrogen) atoms. The SMILES string of the molecule is Cc1ccc(N(c2ccc(OON)cc2)c2ccc(-c3ccccc3)cc2)cc1. The van der Waals surface area contributed by atoms with Gasteiger partial charge in [0.1, 0.15) is 0 Å². The summed E-state index contributed by atoms with van der Waals surface area (Å²) in [6.45, 7) is 2.09. The van der Waals surface area contributed by atoms with Gasteiger partial charge in [0, 0.05) is 17.1 Å². The highest BCUT2D eigenvalue weighted by atomic mass is 17.3. The van der Waals surface area contributed by atoms with Crippen molar-refractivity contribution in [1.82, 2.24) is 0 Å². The van der Waals surface area contributed by atoms with Gasteiger partial charge in [0.25, 0.3) is 0 Å². The van der Waals surface area contributed by atoms with E-state index in [-0.39, 0.29) is 0 Å². The van der Waals surface area contributed by atoms with Crippen LogP contribution in [-0.4, -0.2) is 0 Å². The van der Waals surface area contributed by atoms with Crippen molar-refractivity contribution in [2.45, 2.75) is 6.92 Å². The van der Waals surface area contributed by atoms with E-state index in [1.807, 2.05) is 30.3 Å². The zero-order valence-electron chi connectivity index (χ0n) is 16.2. The minimum Gasteiger partial charge on any atom is -0.320 e. The second-order valence-corrected chi connectivity index (χ2v) is 6.76. The number of anilines is 3. The number of aryl methyl sites for hydroxylation is 1. The van der Waals surface area contributed by atoms with Crippen molar-refractivity contribution in [2.75, 3.05) is 4.90 Å². The Bertz CT molecular complexity index is 1040. The standard InChI is InChI=1S/C25H22N2O2/c1-19-7-11-22(12-8-19)27(24-15-17-25(18-16-24)28-29-26)23-13-9-21(10-14-23)20-5-3-2-4-6-20/h2-18H,26H2,1H3. The Morgan fingerprint density at radius 2 is 1.07 bits per heavy atom. The van der Waals surface area contributed by atoms with Crippen LogP contribution >= 0.6 is 0 Å². The van der Waals surface area contributed by atoms with Crippen LogP contribution in [0.3, 0.4) is 0 Å². The molecule has 4 rings (SSSR count).